The lowest BCUT2D eigenvalue weighted by Gasteiger charge is -2.40. The fourth-order valence-corrected chi connectivity index (χ4v) is 5.79. The van der Waals surface area contributed by atoms with Gasteiger partial charge in [-0.1, -0.05) is 12.6 Å². The molecule has 1 amide bonds. The van der Waals surface area contributed by atoms with Gasteiger partial charge in [0.1, 0.15) is 17.3 Å². The topological polar surface area (TPSA) is 156 Å². The maximum atomic E-state index is 15.8. The third kappa shape index (κ3) is 4.86. The molecule has 42 heavy (non-hydrogen) atoms. The Morgan fingerprint density at radius 3 is 2.60 bits per heavy atom. The smallest absolute Gasteiger partial charge is 0.355 e. The third-order valence-corrected chi connectivity index (χ3v) is 8.35. The molecule has 1 atom stereocenters. The normalized spacial score (nSPS) is 15.7. The molecular formula is C27H26F2N8O4S. The zero-order valence-electron chi connectivity index (χ0n) is 22.6. The molecular weight excluding hydrogens is 570 g/mol. The number of sulfonamides is 1. The Bertz CT molecular complexity index is 1890. The lowest BCUT2D eigenvalue weighted by atomic mass is 10.1. The van der Waals surface area contributed by atoms with E-state index >= 15 is 4.39 Å². The maximum Gasteiger partial charge on any atom is 0.355 e. The minimum atomic E-state index is -4.19. The fraction of sp³-hybridized carbons (Fsp3) is 0.222. The van der Waals surface area contributed by atoms with E-state index in [4.69, 9.17) is 5.73 Å². The van der Waals surface area contributed by atoms with E-state index in [1.165, 1.54) is 43.6 Å². The molecule has 5 rings (SSSR count). The average Bonchev–Trinajstić information content (AvgIpc) is 2.97. The van der Waals surface area contributed by atoms with E-state index in [1.54, 1.807) is 16.7 Å². The first kappa shape index (κ1) is 28.8. The number of nitrogens with zero attached hydrogens (tertiary/aromatic N) is 6. The van der Waals surface area contributed by atoms with Crippen LogP contribution in [0, 0.1) is 11.6 Å². The van der Waals surface area contributed by atoms with Crippen LogP contribution in [0.25, 0.3) is 28.0 Å². The minimum absolute atomic E-state index is 0.0396. The molecule has 0 spiro atoms. The largest absolute Gasteiger partial charge is 0.398 e. The van der Waals surface area contributed by atoms with Crippen LogP contribution in [-0.2, 0) is 14.8 Å². The van der Waals surface area contributed by atoms with Crippen molar-refractivity contribution in [1.82, 2.24) is 29.1 Å². The number of fused-ring (bicyclic) bond motifs is 1. The predicted octanol–water partition coefficient (Wildman–Crippen LogP) is 1.83. The maximum absolute atomic E-state index is 15.8. The van der Waals surface area contributed by atoms with Crippen LogP contribution >= 0.6 is 0 Å². The zero-order chi connectivity index (χ0) is 30.3. The van der Waals surface area contributed by atoms with Crippen LogP contribution in [0.4, 0.5) is 20.3 Å². The van der Waals surface area contributed by atoms with Crippen LogP contribution in [0.15, 0.2) is 65.1 Å². The number of hydrogen-bond acceptors (Lipinski definition) is 9. The van der Waals surface area contributed by atoms with Crippen molar-refractivity contribution in [2.45, 2.75) is 18.0 Å². The number of carbonyl (C=O) groups excluding carboxylic acids is 1. The van der Waals surface area contributed by atoms with Crippen LogP contribution in [0.3, 0.4) is 0 Å². The van der Waals surface area contributed by atoms with Crippen LogP contribution in [-0.4, -0.2) is 71.5 Å². The van der Waals surface area contributed by atoms with Gasteiger partial charge < -0.3 is 15.5 Å². The summed E-state index contributed by atoms with van der Waals surface area (Å²) >= 11 is 0. The van der Waals surface area contributed by atoms with Crippen molar-refractivity contribution in [1.29, 1.82) is 0 Å². The molecule has 1 fully saturated rings. The highest BCUT2D eigenvalue weighted by atomic mass is 32.2. The van der Waals surface area contributed by atoms with Crippen LogP contribution in [0.5, 0.6) is 0 Å². The molecule has 15 heteroatoms. The summed E-state index contributed by atoms with van der Waals surface area (Å²) in [4.78, 5) is 41.8. The summed E-state index contributed by atoms with van der Waals surface area (Å²) in [5.74, 6) is -1.99. The standard InChI is InChI=1S/C27H26F2N8O4S/c1-4-21(38)35-11-12-36(15(2)14-35)24-16-13-18(29)23(22-17(28)7-5-8-19(22)30)33-25(16)37(27(39)34-24)20-9-6-10-32-26(20)42(40,41)31-3/h4-10,13,15,31H,1,11-12,14,30H2,2-3H3/t15-/m0/s1. The van der Waals surface area contributed by atoms with Crippen LogP contribution in [0.1, 0.15) is 6.92 Å². The summed E-state index contributed by atoms with van der Waals surface area (Å²) in [6, 6.07) is 7.24. The Labute approximate surface area is 239 Å². The monoisotopic (exact) mass is 596 g/mol. The van der Waals surface area contributed by atoms with Crippen LogP contribution in [0.2, 0.25) is 0 Å². The van der Waals surface area contributed by atoms with E-state index in [9.17, 15) is 22.4 Å². The number of amides is 1. The highest BCUT2D eigenvalue weighted by molar-refractivity contribution is 7.89. The zero-order valence-corrected chi connectivity index (χ0v) is 23.4. The molecule has 1 aliphatic rings. The second-order valence-electron chi connectivity index (χ2n) is 9.51. The summed E-state index contributed by atoms with van der Waals surface area (Å²) in [6.07, 6.45) is 2.43. The fourth-order valence-electron chi connectivity index (χ4n) is 4.97. The Morgan fingerprint density at radius 2 is 1.93 bits per heavy atom. The number of hydrogen-bond donors (Lipinski definition) is 2. The van der Waals surface area contributed by atoms with E-state index in [-0.39, 0.29) is 65.4 Å². The molecule has 0 unspecified atom stereocenters. The number of carbonyl (C=O) groups is 1. The first-order valence-corrected chi connectivity index (χ1v) is 14.2. The van der Waals surface area contributed by atoms with Gasteiger partial charge in [0.05, 0.1) is 16.6 Å². The van der Waals surface area contributed by atoms with Crippen LogP contribution < -0.4 is 21.0 Å². The van der Waals surface area contributed by atoms with Gasteiger partial charge >= 0.3 is 5.69 Å². The van der Waals surface area contributed by atoms with Crippen molar-refractivity contribution < 1.29 is 22.0 Å². The number of anilines is 2. The Hall–Kier alpha value is -4.76. The Balaban J connectivity index is 1.84. The first-order chi connectivity index (χ1) is 20.0. The number of nitrogens with two attached hydrogens (primary N) is 1. The molecule has 0 saturated carbocycles. The minimum Gasteiger partial charge on any atom is -0.398 e. The SMILES string of the molecule is C=CC(=O)N1CCN(c2nc(=O)n(-c3cccnc3S(=O)(=O)NC)c3nc(-c4c(N)cccc4F)c(F)cc23)[C@@H](C)C1. The van der Waals surface area contributed by atoms with E-state index in [0.717, 1.165) is 16.7 Å². The van der Waals surface area contributed by atoms with E-state index in [1.807, 2.05) is 0 Å². The molecule has 0 bridgehead atoms. The number of rotatable bonds is 6. The van der Waals surface area contributed by atoms with Gasteiger partial charge in [0, 0.05) is 37.6 Å². The lowest BCUT2D eigenvalue weighted by molar-refractivity contribution is -0.126. The average molecular weight is 597 g/mol. The molecule has 218 valence electrons. The molecule has 3 N–H and O–H groups in total. The number of benzene rings is 1. The highest BCUT2D eigenvalue weighted by Crippen LogP contribution is 2.35. The van der Waals surface area contributed by atoms with Gasteiger partial charge in [-0.05, 0) is 50.4 Å². The van der Waals surface area contributed by atoms with Gasteiger partial charge in [0.15, 0.2) is 16.5 Å². The third-order valence-electron chi connectivity index (χ3n) is 6.99. The van der Waals surface area contributed by atoms with Crippen molar-refractivity contribution >= 4 is 38.5 Å². The number of halogens is 2. The Kier molecular flexibility index (Phi) is 7.47. The van der Waals surface area contributed by atoms with Gasteiger partial charge in [-0.3, -0.25) is 4.79 Å². The number of pyridine rings is 2. The molecule has 12 nitrogen and oxygen atoms in total. The molecule has 1 saturated heterocycles. The van der Waals surface area contributed by atoms with Crippen molar-refractivity contribution in [2.75, 3.05) is 37.3 Å². The van der Waals surface area contributed by atoms with Crippen molar-refractivity contribution in [3.63, 3.8) is 0 Å². The van der Waals surface area contributed by atoms with Crippen molar-refractivity contribution in [3.8, 4) is 16.9 Å². The molecule has 0 aliphatic carbocycles. The van der Waals surface area contributed by atoms with Gasteiger partial charge in [-0.25, -0.2) is 41.3 Å². The Morgan fingerprint density at radius 1 is 1.17 bits per heavy atom. The summed E-state index contributed by atoms with van der Waals surface area (Å²) in [5, 5.41) is -0.466. The molecule has 1 aromatic carbocycles. The summed E-state index contributed by atoms with van der Waals surface area (Å²) < 4.78 is 59.4. The highest BCUT2D eigenvalue weighted by Gasteiger charge is 2.31. The van der Waals surface area contributed by atoms with Gasteiger partial charge in [-0.15, -0.1) is 0 Å². The number of aromatic nitrogens is 4. The molecule has 3 aromatic heterocycles. The second kappa shape index (κ2) is 10.9. The quantitative estimate of drug-likeness (QED) is 0.250. The first-order valence-electron chi connectivity index (χ1n) is 12.7. The van der Waals surface area contributed by atoms with Crippen molar-refractivity contribution in [2.24, 2.45) is 0 Å². The van der Waals surface area contributed by atoms with Gasteiger partial charge in [-0.2, -0.15) is 4.98 Å². The van der Waals surface area contributed by atoms with E-state index < -0.39 is 38.1 Å². The van der Waals surface area contributed by atoms with Gasteiger partial charge in [0.25, 0.3) is 10.0 Å². The predicted molar refractivity (Wildman–Crippen MR) is 153 cm³/mol. The van der Waals surface area contributed by atoms with E-state index in [0.29, 0.717) is 0 Å². The second-order valence-corrected chi connectivity index (χ2v) is 11.3. The number of nitrogen functional groups attached to an aromatic ring is 1. The van der Waals surface area contributed by atoms with E-state index in [2.05, 4.69) is 26.3 Å². The number of piperazine rings is 1. The number of nitrogens with one attached hydrogen (secondary N) is 1. The summed E-state index contributed by atoms with van der Waals surface area (Å²) in [7, 11) is -3.01. The molecule has 4 heterocycles. The summed E-state index contributed by atoms with van der Waals surface area (Å²) in [6.45, 7) is 6.10. The summed E-state index contributed by atoms with van der Waals surface area (Å²) in [5.41, 5.74) is 3.72. The van der Waals surface area contributed by atoms with Gasteiger partial charge in [0.2, 0.25) is 5.91 Å². The van der Waals surface area contributed by atoms with Crippen molar-refractivity contribution in [3.05, 3.63) is 77.4 Å². The molecule has 0 radical (unpaired) electrons. The molecule has 1 aliphatic heterocycles. The molecule has 4 aromatic rings. The lowest BCUT2D eigenvalue weighted by Crippen LogP contribution is -2.54.